The van der Waals surface area contributed by atoms with Crippen LogP contribution in [0.15, 0.2) is 0 Å². The maximum atomic E-state index is 11.8. The Morgan fingerprint density at radius 1 is 1.70 bits per heavy atom. The third kappa shape index (κ3) is 3.14. The molecule has 0 amide bonds. The number of rotatable bonds is 3. The molecule has 0 rings (SSSR count). The average Bonchev–Trinajstić information content (AvgIpc) is 1.60. The lowest BCUT2D eigenvalue weighted by Gasteiger charge is -2.13. The predicted octanol–water partition coefficient (Wildman–Crippen LogP) is 1.09. The van der Waals surface area contributed by atoms with Crippen LogP contribution in [-0.2, 0) is 15.5 Å². The van der Waals surface area contributed by atoms with Crippen molar-refractivity contribution in [2.45, 2.75) is 19.2 Å². The van der Waals surface area contributed by atoms with Crippen molar-refractivity contribution in [2.75, 3.05) is 0 Å². The fourth-order valence-corrected chi connectivity index (χ4v) is 0.484. The van der Waals surface area contributed by atoms with Crippen LogP contribution in [0, 0.1) is 0 Å². The fraction of sp³-hybridized carbons (Fsp3) is 1.00. The summed E-state index contributed by atoms with van der Waals surface area (Å²) in [7, 11) is 0. The molecule has 0 bridgehead atoms. The van der Waals surface area contributed by atoms with Crippen molar-refractivity contribution in [2.24, 2.45) is 0 Å². The van der Waals surface area contributed by atoms with Crippen LogP contribution in [0.1, 0.15) is 6.92 Å². The van der Waals surface area contributed by atoms with Gasteiger partial charge in [-0.2, -0.15) is 17.2 Å². The highest BCUT2D eigenvalue weighted by Gasteiger charge is 2.40. The van der Waals surface area contributed by atoms with E-state index in [1.54, 1.807) is 0 Å². The summed E-state index contributed by atoms with van der Waals surface area (Å²) < 4.78 is 55.7. The van der Waals surface area contributed by atoms with Gasteiger partial charge in [-0.05, 0) is 6.92 Å². The van der Waals surface area contributed by atoms with E-state index in [4.69, 9.17) is 4.55 Å². The van der Waals surface area contributed by atoms with Crippen LogP contribution >= 0.6 is 0 Å². The SMILES string of the molecule is CC(F)C(F)(F)OS(=O)O. The number of hydrogen-bond donors (Lipinski definition) is 1. The van der Waals surface area contributed by atoms with Crippen LogP contribution in [0.3, 0.4) is 0 Å². The monoisotopic (exact) mass is 178 g/mol. The van der Waals surface area contributed by atoms with E-state index in [9.17, 15) is 17.4 Å². The first-order valence-electron chi connectivity index (χ1n) is 2.18. The number of alkyl halides is 3. The molecule has 10 heavy (non-hydrogen) atoms. The highest BCUT2D eigenvalue weighted by atomic mass is 32.2. The number of hydrogen-bond acceptors (Lipinski definition) is 2. The van der Waals surface area contributed by atoms with Gasteiger partial charge >= 0.3 is 17.5 Å². The lowest BCUT2D eigenvalue weighted by molar-refractivity contribution is -0.212. The van der Waals surface area contributed by atoms with Gasteiger partial charge in [0, 0.05) is 0 Å². The summed E-state index contributed by atoms with van der Waals surface area (Å²) in [5, 5.41) is 0. The van der Waals surface area contributed by atoms with E-state index in [2.05, 4.69) is 4.18 Å². The van der Waals surface area contributed by atoms with Gasteiger partial charge in [-0.15, -0.1) is 0 Å². The van der Waals surface area contributed by atoms with E-state index < -0.39 is 23.6 Å². The van der Waals surface area contributed by atoms with Gasteiger partial charge in [0.1, 0.15) is 0 Å². The molecule has 0 aliphatic heterocycles. The molecule has 7 heteroatoms. The second kappa shape index (κ2) is 3.31. The van der Waals surface area contributed by atoms with Gasteiger partial charge in [-0.3, -0.25) is 4.55 Å². The second-order valence-corrected chi connectivity index (χ2v) is 2.08. The van der Waals surface area contributed by atoms with Crippen molar-refractivity contribution in [3.63, 3.8) is 0 Å². The van der Waals surface area contributed by atoms with Crippen LogP contribution < -0.4 is 0 Å². The minimum atomic E-state index is -4.19. The third-order valence-electron chi connectivity index (χ3n) is 0.645. The molecule has 2 atom stereocenters. The Morgan fingerprint density at radius 3 is 2.20 bits per heavy atom. The molecule has 1 N–H and O–H groups in total. The van der Waals surface area contributed by atoms with Crippen LogP contribution in [0.25, 0.3) is 0 Å². The van der Waals surface area contributed by atoms with Gasteiger partial charge in [0.25, 0.3) is 0 Å². The van der Waals surface area contributed by atoms with E-state index in [0.29, 0.717) is 6.92 Å². The van der Waals surface area contributed by atoms with Crippen molar-refractivity contribution < 1.29 is 26.1 Å². The zero-order valence-corrected chi connectivity index (χ0v) is 5.70. The van der Waals surface area contributed by atoms with Crippen molar-refractivity contribution in [1.82, 2.24) is 0 Å². The topological polar surface area (TPSA) is 46.5 Å². The summed E-state index contributed by atoms with van der Waals surface area (Å²) in [6.07, 6.45) is -6.80. The smallest absolute Gasteiger partial charge is 0.284 e. The Hall–Kier alpha value is -0.140. The summed E-state index contributed by atoms with van der Waals surface area (Å²) in [6, 6.07) is 0. The Kier molecular flexibility index (Phi) is 3.26. The number of halogens is 3. The molecule has 0 spiro atoms. The van der Waals surface area contributed by atoms with Crippen molar-refractivity contribution in [3.8, 4) is 0 Å². The molecule has 0 aromatic heterocycles. The molecule has 0 saturated carbocycles. The van der Waals surface area contributed by atoms with Crippen LogP contribution in [0.2, 0.25) is 0 Å². The predicted molar refractivity (Wildman–Crippen MR) is 27.4 cm³/mol. The molecule has 2 unspecified atom stereocenters. The molecule has 0 fully saturated rings. The quantitative estimate of drug-likeness (QED) is 0.658. The zero-order chi connectivity index (χ0) is 8.36. The first-order chi connectivity index (χ1) is 4.36. The first kappa shape index (κ1) is 9.86. The molecular formula is C3H5F3O3S. The van der Waals surface area contributed by atoms with Crippen molar-refractivity contribution in [1.29, 1.82) is 0 Å². The van der Waals surface area contributed by atoms with Gasteiger partial charge in [0.15, 0.2) is 6.17 Å². The van der Waals surface area contributed by atoms with E-state index in [0.717, 1.165) is 0 Å². The van der Waals surface area contributed by atoms with E-state index >= 15 is 0 Å². The summed E-state index contributed by atoms with van der Waals surface area (Å²) in [6.45, 7) is 0.521. The average molecular weight is 178 g/mol. The Morgan fingerprint density at radius 2 is 2.10 bits per heavy atom. The van der Waals surface area contributed by atoms with E-state index in [1.807, 2.05) is 0 Å². The van der Waals surface area contributed by atoms with Gasteiger partial charge < -0.3 is 0 Å². The molecule has 0 aliphatic carbocycles. The lowest BCUT2D eigenvalue weighted by Crippen LogP contribution is -2.31. The van der Waals surface area contributed by atoms with Crippen LogP contribution in [0.4, 0.5) is 13.2 Å². The summed E-state index contributed by atoms with van der Waals surface area (Å²) in [5.41, 5.74) is 0. The normalized spacial score (nSPS) is 18.5. The van der Waals surface area contributed by atoms with E-state index in [1.165, 1.54) is 0 Å². The molecule has 0 radical (unpaired) electrons. The standard InChI is InChI=1S/C3H5F3O3S/c1-2(4)3(5,6)9-10(7)8/h2H,1H3,(H,7,8). The maximum absolute atomic E-state index is 11.8. The summed E-state index contributed by atoms with van der Waals surface area (Å²) in [4.78, 5) is 0. The molecule has 0 heterocycles. The Labute approximate surface area is 57.7 Å². The first-order valence-corrected chi connectivity index (χ1v) is 3.21. The minimum Gasteiger partial charge on any atom is -0.284 e. The fourth-order valence-electron chi connectivity index (χ4n) is 0.161. The van der Waals surface area contributed by atoms with Crippen molar-refractivity contribution >= 4 is 11.4 Å². The van der Waals surface area contributed by atoms with Gasteiger partial charge in [0.2, 0.25) is 0 Å². The third-order valence-corrected chi connectivity index (χ3v) is 1.01. The maximum Gasteiger partial charge on any atom is 0.400 e. The molecule has 0 aromatic carbocycles. The largest absolute Gasteiger partial charge is 0.400 e. The van der Waals surface area contributed by atoms with Gasteiger partial charge in [-0.1, -0.05) is 0 Å². The highest BCUT2D eigenvalue weighted by molar-refractivity contribution is 7.74. The van der Waals surface area contributed by atoms with Crippen LogP contribution in [-0.4, -0.2) is 21.0 Å². The lowest BCUT2D eigenvalue weighted by atomic mass is 10.4. The van der Waals surface area contributed by atoms with E-state index in [-0.39, 0.29) is 0 Å². The molecule has 0 aliphatic rings. The summed E-state index contributed by atoms with van der Waals surface area (Å²) in [5.74, 6) is 0. The van der Waals surface area contributed by atoms with Gasteiger partial charge in [-0.25, -0.2) is 4.39 Å². The minimum absolute atomic E-state index is 0.521. The molecule has 0 aromatic rings. The zero-order valence-electron chi connectivity index (χ0n) is 4.88. The second-order valence-electron chi connectivity index (χ2n) is 1.48. The van der Waals surface area contributed by atoms with Crippen molar-refractivity contribution in [3.05, 3.63) is 0 Å². The van der Waals surface area contributed by atoms with Crippen LogP contribution in [0.5, 0.6) is 0 Å². The molecule has 3 nitrogen and oxygen atoms in total. The molecular weight excluding hydrogens is 173 g/mol. The highest BCUT2D eigenvalue weighted by Crippen LogP contribution is 2.23. The Balaban J connectivity index is 3.99. The Bertz CT molecular complexity index is 137. The summed E-state index contributed by atoms with van der Waals surface area (Å²) >= 11 is -3.15. The van der Waals surface area contributed by atoms with Gasteiger partial charge in [0.05, 0.1) is 0 Å². The molecule has 62 valence electrons. The molecule has 0 saturated heterocycles.